The maximum Gasteiger partial charge on any atom is 0.251 e. The van der Waals surface area contributed by atoms with Gasteiger partial charge in [0.1, 0.15) is 5.75 Å². The van der Waals surface area contributed by atoms with E-state index in [1.165, 1.54) is 0 Å². The van der Waals surface area contributed by atoms with Gasteiger partial charge in [0.15, 0.2) is 0 Å². The standard InChI is InChI=1S/C21H26N2O3/c1-16(2)26-20-5-3-4-17(14-20)15-22-21(24)18-6-8-19(9-7-18)23-10-12-25-13-11-23/h3-9,14,16H,10-13,15H2,1-2H3,(H,22,24). The molecule has 5 nitrogen and oxygen atoms in total. The Labute approximate surface area is 154 Å². The summed E-state index contributed by atoms with van der Waals surface area (Å²) in [5, 5.41) is 2.97. The van der Waals surface area contributed by atoms with Crippen molar-refractivity contribution in [3.63, 3.8) is 0 Å². The van der Waals surface area contributed by atoms with Crippen LogP contribution in [0.3, 0.4) is 0 Å². The van der Waals surface area contributed by atoms with E-state index in [1.807, 2.05) is 62.4 Å². The number of anilines is 1. The molecule has 26 heavy (non-hydrogen) atoms. The van der Waals surface area contributed by atoms with Crippen molar-refractivity contribution < 1.29 is 14.3 Å². The van der Waals surface area contributed by atoms with E-state index in [2.05, 4.69) is 10.2 Å². The van der Waals surface area contributed by atoms with Gasteiger partial charge in [0.05, 0.1) is 19.3 Å². The second-order valence-corrected chi connectivity index (χ2v) is 6.64. The zero-order chi connectivity index (χ0) is 18.4. The van der Waals surface area contributed by atoms with Gasteiger partial charge in [-0.3, -0.25) is 4.79 Å². The van der Waals surface area contributed by atoms with Crippen LogP contribution in [0.1, 0.15) is 29.8 Å². The molecule has 1 saturated heterocycles. The number of nitrogens with zero attached hydrogens (tertiary/aromatic N) is 1. The van der Waals surface area contributed by atoms with E-state index in [0.717, 1.165) is 43.3 Å². The monoisotopic (exact) mass is 354 g/mol. The highest BCUT2D eigenvalue weighted by Gasteiger charge is 2.12. The van der Waals surface area contributed by atoms with E-state index in [9.17, 15) is 4.79 Å². The van der Waals surface area contributed by atoms with Crippen LogP contribution in [0.15, 0.2) is 48.5 Å². The van der Waals surface area contributed by atoms with Crippen molar-refractivity contribution in [2.45, 2.75) is 26.5 Å². The van der Waals surface area contributed by atoms with Gasteiger partial charge in [-0.2, -0.15) is 0 Å². The second kappa shape index (κ2) is 8.72. The molecule has 138 valence electrons. The summed E-state index contributed by atoms with van der Waals surface area (Å²) in [5.74, 6) is 0.746. The Hall–Kier alpha value is -2.53. The Morgan fingerprint density at radius 2 is 1.88 bits per heavy atom. The predicted octanol–water partition coefficient (Wildman–Crippen LogP) is 3.24. The maximum atomic E-state index is 12.4. The molecule has 0 saturated carbocycles. The molecule has 0 radical (unpaired) electrons. The van der Waals surface area contributed by atoms with Gasteiger partial charge in [-0.15, -0.1) is 0 Å². The Kier molecular flexibility index (Phi) is 6.12. The van der Waals surface area contributed by atoms with Crippen molar-refractivity contribution in [2.75, 3.05) is 31.2 Å². The van der Waals surface area contributed by atoms with Gasteiger partial charge >= 0.3 is 0 Å². The summed E-state index contributed by atoms with van der Waals surface area (Å²) in [4.78, 5) is 14.7. The second-order valence-electron chi connectivity index (χ2n) is 6.64. The van der Waals surface area contributed by atoms with Gasteiger partial charge < -0.3 is 19.7 Å². The van der Waals surface area contributed by atoms with E-state index in [0.29, 0.717) is 12.1 Å². The van der Waals surface area contributed by atoms with Crippen molar-refractivity contribution in [2.24, 2.45) is 0 Å². The molecule has 2 aromatic carbocycles. The van der Waals surface area contributed by atoms with Crippen molar-refractivity contribution >= 4 is 11.6 Å². The first-order valence-corrected chi connectivity index (χ1v) is 9.08. The lowest BCUT2D eigenvalue weighted by Gasteiger charge is -2.28. The van der Waals surface area contributed by atoms with Crippen molar-refractivity contribution in [1.29, 1.82) is 0 Å². The van der Waals surface area contributed by atoms with Crippen LogP contribution in [0.2, 0.25) is 0 Å². The minimum atomic E-state index is -0.0753. The minimum Gasteiger partial charge on any atom is -0.491 e. The fraction of sp³-hybridized carbons (Fsp3) is 0.381. The first-order chi connectivity index (χ1) is 12.6. The summed E-state index contributed by atoms with van der Waals surface area (Å²) in [6, 6.07) is 15.5. The molecular weight excluding hydrogens is 328 g/mol. The van der Waals surface area contributed by atoms with Gasteiger partial charge in [-0.25, -0.2) is 0 Å². The summed E-state index contributed by atoms with van der Waals surface area (Å²) in [5.41, 5.74) is 2.81. The maximum absolute atomic E-state index is 12.4. The lowest BCUT2D eigenvalue weighted by atomic mass is 10.1. The van der Waals surface area contributed by atoms with E-state index in [1.54, 1.807) is 0 Å². The molecule has 1 fully saturated rings. The van der Waals surface area contributed by atoms with Gasteiger partial charge in [0.2, 0.25) is 0 Å². The van der Waals surface area contributed by atoms with Crippen LogP contribution in [0.25, 0.3) is 0 Å². The fourth-order valence-electron chi connectivity index (χ4n) is 2.93. The highest BCUT2D eigenvalue weighted by molar-refractivity contribution is 5.94. The number of nitrogens with one attached hydrogen (secondary N) is 1. The Balaban J connectivity index is 1.56. The highest BCUT2D eigenvalue weighted by atomic mass is 16.5. The number of hydrogen-bond acceptors (Lipinski definition) is 4. The van der Waals surface area contributed by atoms with Gasteiger partial charge in [-0.05, 0) is 55.8 Å². The molecule has 0 bridgehead atoms. The molecule has 0 aromatic heterocycles. The third kappa shape index (κ3) is 4.99. The zero-order valence-electron chi connectivity index (χ0n) is 15.4. The van der Waals surface area contributed by atoms with Crippen LogP contribution in [-0.4, -0.2) is 38.3 Å². The Bertz CT molecular complexity index is 722. The third-order valence-electron chi connectivity index (χ3n) is 4.23. The Morgan fingerprint density at radius 3 is 2.58 bits per heavy atom. The van der Waals surface area contributed by atoms with Crippen molar-refractivity contribution in [3.8, 4) is 5.75 Å². The van der Waals surface area contributed by atoms with Crippen LogP contribution < -0.4 is 15.0 Å². The molecule has 5 heteroatoms. The number of morpholine rings is 1. The summed E-state index contributed by atoms with van der Waals surface area (Å²) < 4.78 is 11.1. The van der Waals surface area contributed by atoms with E-state index >= 15 is 0 Å². The first-order valence-electron chi connectivity index (χ1n) is 9.08. The molecule has 0 aliphatic carbocycles. The number of benzene rings is 2. The molecule has 0 spiro atoms. The highest BCUT2D eigenvalue weighted by Crippen LogP contribution is 2.17. The van der Waals surface area contributed by atoms with Crippen LogP contribution in [0.5, 0.6) is 5.75 Å². The first kappa shape index (κ1) is 18.3. The zero-order valence-corrected chi connectivity index (χ0v) is 15.4. The molecule has 0 unspecified atom stereocenters. The predicted molar refractivity (Wildman–Crippen MR) is 103 cm³/mol. The van der Waals surface area contributed by atoms with Crippen LogP contribution in [0, 0.1) is 0 Å². The molecule has 1 aliphatic rings. The van der Waals surface area contributed by atoms with Crippen LogP contribution in [-0.2, 0) is 11.3 Å². The molecule has 3 rings (SSSR count). The largest absolute Gasteiger partial charge is 0.491 e. The third-order valence-corrected chi connectivity index (χ3v) is 4.23. The normalized spacial score (nSPS) is 14.3. The minimum absolute atomic E-state index is 0.0753. The summed E-state index contributed by atoms with van der Waals surface area (Å²) in [6.07, 6.45) is 0.129. The Morgan fingerprint density at radius 1 is 1.15 bits per heavy atom. The van der Waals surface area contributed by atoms with Crippen LogP contribution in [0.4, 0.5) is 5.69 Å². The topological polar surface area (TPSA) is 50.8 Å². The SMILES string of the molecule is CC(C)Oc1cccc(CNC(=O)c2ccc(N3CCOCC3)cc2)c1. The lowest BCUT2D eigenvalue weighted by Crippen LogP contribution is -2.36. The van der Waals surface area contributed by atoms with Crippen molar-refractivity contribution in [3.05, 3.63) is 59.7 Å². The molecule has 2 aromatic rings. The number of carbonyl (C=O) groups excluding carboxylic acids is 1. The number of hydrogen-bond donors (Lipinski definition) is 1. The average molecular weight is 354 g/mol. The average Bonchev–Trinajstić information content (AvgIpc) is 2.67. The van der Waals surface area contributed by atoms with Crippen molar-refractivity contribution in [1.82, 2.24) is 5.32 Å². The molecule has 0 atom stereocenters. The smallest absolute Gasteiger partial charge is 0.251 e. The van der Waals surface area contributed by atoms with Crippen LogP contribution >= 0.6 is 0 Å². The summed E-state index contributed by atoms with van der Waals surface area (Å²) in [7, 11) is 0. The fourth-order valence-corrected chi connectivity index (χ4v) is 2.93. The van der Waals surface area contributed by atoms with E-state index in [4.69, 9.17) is 9.47 Å². The lowest BCUT2D eigenvalue weighted by molar-refractivity contribution is 0.0950. The number of carbonyl (C=O) groups is 1. The number of rotatable bonds is 6. The quantitative estimate of drug-likeness (QED) is 0.865. The summed E-state index contributed by atoms with van der Waals surface area (Å²) >= 11 is 0. The van der Waals surface area contributed by atoms with E-state index < -0.39 is 0 Å². The van der Waals surface area contributed by atoms with Gasteiger partial charge in [-0.1, -0.05) is 12.1 Å². The number of ether oxygens (including phenoxy) is 2. The molecule has 1 aliphatic heterocycles. The van der Waals surface area contributed by atoms with E-state index in [-0.39, 0.29) is 12.0 Å². The molecule has 1 amide bonds. The number of amides is 1. The molecule has 1 heterocycles. The van der Waals surface area contributed by atoms with Gasteiger partial charge in [0.25, 0.3) is 5.91 Å². The molecule has 1 N–H and O–H groups in total. The summed E-state index contributed by atoms with van der Waals surface area (Å²) in [6.45, 7) is 7.74. The molecular formula is C21H26N2O3. The van der Waals surface area contributed by atoms with Gasteiger partial charge in [0, 0.05) is 30.9 Å².